The Hall–Kier alpha value is -1.26. The Labute approximate surface area is 102 Å². The zero-order chi connectivity index (χ0) is 12.3. The summed E-state index contributed by atoms with van der Waals surface area (Å²) < 4.78 is 0. The van der Waals surface area contributed by atoms with Gasteiger partial charge in [-0.1, -0.05) is 23.2 Å². The number of carbonyl (C=O) groups excluding carboxylic acids is 1. The summed E-state index contributed by atoms with van der Waals surface area (Å²) in [5.74, 6) is -1.64. The molecule has 0 aliphatic heterocycles. The Kier molecular flexibility index (Phi) is 4.15. The smallest absolute Gasteiger partial charge is 0.325 e. The molecule has 86 valence electrons. The Balaban J connectivity index is 2.84. The molecule has 0 bridgehead atoms. The van der Waals surface area contributed by atoms with E-state index in [4.69, 9.17) is 28.3 Å². The van der Waals surface area contributed by atoms with E-state index in [-0.39, 0.29) is 5.56 Å². The monoisotopic (exact) mass is 261 g/mol. The first-order valence-corrected chi connectivity index (χ1v) is 5.15. The van der Waals surface area contributed by atoms with Gasteiger partial charge in [0.2, 0.25) is 0 Å². The van der Waals surface area contributed by atoms with Crippen molar-refractivity contribution in [2.75, 3.05) is 0 Å². The molecule has 1 atom stereocenters. The van der Waals surface area contributed by atoms with Crippen LogP contribution < -0.4 is 5.32 Å². The highest BCUT2D eigenvalue weighted by Crippen LogP contribution is 2.18. The summed E-state index contributed by atoms with van der Waals surface area (Å²) in [5, 5.41) is 11.6. The molecule has 1 rings (SSSR count). The second-order valence-corrected chi connectivity index (χ2v) is 4.06. The molecule has 0 saturated heterocycles. The van der Waals surface area contributed by atoms with E-state index < -0.39 is 17.9 Å². The second-order valence-electron chi connectivity index (χ2n) is 3.19. The van der Waals surface area contributed by atoms with Gasteiger partial charge in [-0.2, -0.15) is 0 Å². The van der Waals surface area contributed by atoms with Crippen molar-refractivity contribution in [1.29, 1.82) is 0 Å². The number of rotatable bonds is 3. The highest BCUT2D eigenvalue weighted by atomic mass is 35.5. The number of halogens is 2. The number of carbonyl (C=O) groups is 2. The van der Waals surface area contributed by atoms with Crippen molar-refractivity contribution in [1.82, 2.24) is 5.32 Å². The fraction of sp³-hybridized carbons (Fsp3) is 0.200. The third-order valence-electron chi connectivity index (χ3n) is 1.84. The zero-order valence-electron chi connectivity index (χ0n) is 8.33. The summed E-state index contributed by atoms with van der Waals surface area (Å²) in [5.41, 5.74) is 0.227. The van der Waals surface area contributed by atoms with Crippen LogP contribution in [0.5, 0.6) is 0 Å². The molecule has 4 nitrogen and oxygen atoms in total. The van der Waals surface area contributed by atoms with Gasteiger partial charge in [-0.05, 0) is 25.1 Å². The van der Waals surface area contributed by atoms with Crippen LogP contribution >= 0.6 is 23.2 Å². The summed E-state index contributed by atoms with van der Waals surface area (Å²) in [6.07, 6.45) is 0. The molecular formula is C10H9Cl2NO3. The molecule has 16 heavy (non-hydrogen) atoms. The van der Waals surface area contributed by atoms with Gasteiger partial charge in [0.15, 0.2) is 0 Å². The summed E-state index contributed by atoms with van der Waals surface area (Å²) >= 11 is 11.4. The maximum atomic E-state index is 11.6. The minimum atomic E-state index is -1.11. The maximum Gasteiger partial charge on any atom is 0.325 e. The van der Waals surface area contributed by atoms with Gasteiger partial charge in [-0.15, -0.1) is 0 Å². The molecule has 0 spiro atoms. The molecule has 1 aromatic rings. The summed E-state index contributed by atoms with van der Waals surface area (Å²) in [4.78, 5) is 22.1. The fourth-order valence-electron chi connectivity index (χ4n) is 1.03. The number of carboxylic acids is 1. The Morgan fingerprint density at radius 2 is 1.75 bits per heavy atom. The van der Waals surface area contributed by atoms with Gasteiger partial charge >= 0.3 is 5.97 Å². The number of carboxylic acid groups (broad SMARTS) is 1. The predicted octanol–water partition coefficient (Wildman–Crippen LogP) is 2.20. The summed E-state index contributed by atoms with van der Waals surface area (Å²) in [6.45, 7) is 1.37. The minimum absolute atomic E-state index is 0.227. The molecule has 0 unspecified atom stereocenters. The molecule has 2 N–H and O–H groups in total. The van der Waals surface area contributed by atoms with Gasteiger partial charge in [-0.3, -0.25) is 9.59 Å². The van der Waals surface area contributed by atoms with Crippen LogP contribution in [0.1, 0.15) is 17.3 Å². The molecule has 0 aliphatic rings. The first kappa shape index (κ1) is 12.8. The molecule has 1 amide bonds. The van der Waals surface area contributed by atoms with Crippen LogP contribution in [0.25, 0.3) is 0 Å². The largest absolute Gasteiger partial charge is 0.480 e. The van der Waals surface area contributed by atoms with E-state index >= 15 is 0 Å². The fourth-order valence-corrected chi connectivity index (χ4v) is 1.55. The summed E-state index contributed by atoms with van der Waals surface area (Å²) in [6, 6.07) is 3.35. The topological polar surface area (TPSA) is 66.4 Å². The van der Waals surface area contributed by atoms with Gasteiger partial charge in [0.05, 0.1) is 0 Å². The van der Waals surface area contributed by atoms with E-state index in [2.05, 4.69) is 5.32 Å². The molecule has 6 heteroatoms. The second kappa shape index (κ2) is 5.18. The Bertz CT molecular complexity index is 414. The van der Waals surface area contributed by atoms with E-state index in [9.17, 15) is 9.59 Å². The molecule has 0 aliphatic carbocycles. The molecule has 0 aromatic heterocycles. The van der Waals surface area contributed by atoms with E-state index in [1.165, 1.54) is 25.1 Å². The number of nitrogens with one attached hydrogen (secondary N) is 1. The van der Waals surface area contributed by atoms with Crippen LogP contribution in [0.4, 0.5) is 0 Å². The van der Waals surface area contributed by atoms with Gasteiger partial charge in [-0.25, -0.2) is 0 Å². The van der Waals surface area contributed by atoms with Crippen molar-refractivity contribution in [3.05, 3.63) is 33.8 Å². The Morgan fingerprint density at radius 1 is 1.25 bits per heavy atom. The molecule has 0 saturated carbocycles. The van der Waals surface area contributed by atoms with Crippen LogP contribution in [0.15, 0.2) is 18.2 Å². The molecule has 0 heterocycles. The van der Waals surface area contributed by atoms with Crippen molar-refractivity contribution >= 4 is 35.1 Å². The van der Waals surface area contributed by atoms with E-state index in [0.717, 1.165) is 0 Å². The van der Waals surface area contributed by atoms with Crippen molar-refractivity contribution < 1.29 is 14.7 Å². The van der Waals surface area contributed by atoms with E-state index in [1.54, 1.807) is 0 Å². The lowest BCUT2D eigenvalue weighted by molar-refractivity contribution is -0.138. The van der Waals surface area contributed by atoms with Crippen LogP contribution in [0.2, 0.25) is 10.0 Å². The van der Waals surface area contributed by atoms with E-state index in [1.807, 2.05) is 0 Å². The van der Waals surface area contributed by atoms with Crippen LogP contribution in [0.3, 0.4) is 0 Å². The lowest BCUT2D eigenvalue weighted by atomic mass is 10.2. The van der Waals surface area contributed by atoms with Crippen molar-refractivity contribution in [3.63, 3.8) is 0 Å². The van der Waals surface area contributed by atoms with Crippen molar-refractivity contribution in [3.8, 4) is 0 Å². The number of hydrogen-bond acceptors (Lipinski definition) is 2. The zero-order valence-corrected chi connectivity index (χ0v) is 9.84. The SMILES string of the molecule is C[C@@H](NC(=O)c1cc(Cl)cc(Cl)c1)C(=O)O. The molecular weight excluding hydrogens is 253 g/mol. The van der Waals surface area contributed by atoms with Crippen molar-refractivity contribution in [2.45, 2.75) is 13.0 Å². The van der Waals surface area contributed by atoms with Gasteiger partial charge in [0.1, 0.15) is 6.04 Å². The number of hydrogen-bond donors (Lipinski definition) is 2. The maximum absolute atomic E-state index is 11.6. The number of benzene rings is 1. The van der Waals surface area contributed by atoms with Gasteiger partial charge in [0.25, 0.3) is 5.91 Å². The quantitative estimate of drug-likeness (QED) is 0.877. The number of amides is 1. The highest BCUT2D eigenvalue weighted by molar-refractivity contribution is 6.35. The standard InChI is InChI=1S/C10H9Cl2NO3/c1-5(10(15)16)13-9(14)6-2-7(11)4-8(12)3-6/h2-5H,1H3,(H,13,14)(H,15,16)/t5-/m1/s1. The molecule has 0 radical (unpaired) electrons. The first-order chi connectivity index (χ1) is 7.40. The lowest BCUT2D eigenvalue weighted by Gasteiger charge is -2.09. The molecule has 1 aromatic carbocycles. The van der Waals surface area contributed by atoms with E-state index in [0.29, 0.717) is 10.0 Å². The van der Waals surface area contributed by atoms with Gasteiger partial charge < -0.3 is 10.4 Å². The molecule has 0 fully saturated rings. The van der Waals surface area contributed by atoms with Crippen molar-refractivity contribution in [2.24, 2.45) is 0 Å². The lowest BCUT2D eigenvalue weighted by Crippen LogP contribution is -2.38. The van der Waals surface area contributed by atoms with Crippen LogP contribution in [-0.2, 0) is 4.79 Å². The first-order valence-electron chi connectivity index (χ1n) is 4.40. The normalized spacial score (nSPS) is 11.9. The average molecular weight is 262 g/mol. The third-order valence-corrected chi connectivity index (χ3v) is 2.28. The summed E-state index contributed by atoms with van der Waals surface area (Å²) in [7, 11) is 0. The highest BCUT2D eigenvalue weighted by Gasteiger charge is 2.15. The number of aliphatic carboxylic acids is 1. The average Bonchev–Trinajstić information content (AvgIpc) is 2.15. The van der Waals surface area contributed by atoms with Crippen LogP contribution in [-0.4, -0.2) is 23.0 Å². The Morgan fingerprint density at radius 3 is 2.19 bits per heavy atom. The van der Waals surface area contributed by atoms with Gasteiger partial charge in [0, 0.05) is 15.6 Å². The third kappa shape index (κ3) is 3.40. The van der Waals surface area contributed by atoms with Crippen LogP contribution in [0, 0.1) is 0 Å². The minimum Gasteiger partial charge on any atom is -0.480 e. The predicted molar refractivity (Wildman–Crippen MR) is 61.0 cm³/mol.